The van der Waals surface area contributed by atoms with Crippen molar-refractivity contribution in [2.75, 3.05) is 0 Å². The Bertz CT molecular complexity index is 471. The average molecular weight is 234 g/mol. The normalized spacial score (nSPS) is 10.9. The summed E-state index contributed by atoms with van der Waals surface area (Å²) in [5.41, 5.74) is 2.61. The van der Waals surface area contributed by atoms with E-state index >= 15 is 0 Å². The third-order valence-corrected chi connectivity index (χ3v) is 3.15. The van der Waals surface area contributed by atoms with Crippen LogP contribution in [0.5, 0.6) is 0 Å². The lowest BCUT2D eigenvalue weighted by Gasteiger charge is -2.01. The molecule has 84 valence electrons. The van der Waals surface area contributed by atoms with Crippen molar-refractivity contribution in [2.45, 2.75) is 20.4 Å². The van der Waals surface area contributed by atoms with Gasteiger partial charge in [-0.15, -0.1) is 11.3 Å². The molecule has 0 unspecified atom stereocenters. The Morgan fingerprint density at radius 3 is 3.00 bits per heavy atom. The van der Waals surface area contributed by atoms with Crippen molar-refractivity contribution in [2.24, 2.45) is 5.92 Å². The fourth-order valence-corrected chi connectivity index (χ4v) is 2.12. The number of nitrogens with zero attached hydrogens (tertiary/aromatic N) is 2. The van der Waals surface area contributed by atoms with E-state index in [0.29, 0.717) is 0 Å². The molecular weight excluding hydrogens is 220 g/mol. The monoisotopic (exact) mass is 234 g/mol. The van der Waals surface area contributed by atoms with E-state index in [0.717, 1.165) is 12.1 Å². The predicted molar refractivity (Wildman–Crippen MR) is 64.8 cm³/mol. The van der Waals surface area contributed by atoms with Crippen LogP contribution in [0.2, 0.25) is 0 Å². The van der Waals surface area contributed by atoms with Crippen LogP contribution in [0, 0.1) is 5.92 Å². The second kappa shape index (κ2) is 4.61. The van der Waals surface area contributed by atoms with Gasteiger partial charge in [-0.05, 0) is 6.07 Å². The topological polar surface area (TPSA) is 34.9 Å². The number of Topliss-reactive ketones (excluding diaryl/α,β-unsaturated/α-hetero) is 1. The first kappa shape index (κ1) is 11.1. The molecule has 0 N–H and O–H groups in total. The zero-order chi connectivity index (χ0) is 11.5. The molecule has 2 heterocycles. The van der Waals surface area contributed by atoms with E-state index in [1.165, 1.54) is 4.88 Å². The summed E-state index contributed by atoms with van der Waals surface area (Å²) < 4.78 is 2.02. The Morgan fingerprint density at radius 1 is 1.56 bits per heavy atom. The fourth-order valence-electron chi connectivity index (χ4n) is 1.52. The van der Waals surface area contributed by atoms with Gasteiger partial charge in [-0.2, -0.15) is 0 Å². The van der Waals surface area contributed by atoms with Crippen molar-refractivity contribution < 1.29 is 4.79 Å². The molecule has 0 aliphatic carbocycles. The highest BCUT2D eigenvalue weighted by molar-refractivity contribution is 7.09. The minimum Gasteiger partial charge on any atom is -0.348 e. The number of rotatable bonds is 4. The maximum Gasteiger partial charge on any atom is 0.166 e. The summed E-state index contributed by atoms with van der Waals surface area (Å²) in [4.78, 5) is 17.0. The molecule has 2 aromatic heterocycles. The summed E-state index contributed by atoms with van der Waals surface area (Å²) in [5, 5.41) is 0. The summed E-state index contributed by atoms with van der Waals surface area (Å²) in [6.45, 7) is 4.63. The molecule has 0 amide bonds. The first-order valence-corrected chi connectivity index (χ1v) is 6.12. The minimum atomic E-state index is 0.0549. The van der Waals surface area contributed by atoms with Gasteiger partial charge in [0.15, 0.2) is 5.78 Å². The van der Waals surface area contributed by atoms with Crippen molar-refractivity contribution in [3.63, 3.8) is 0 Å². The van der Waals surface area contributed by atoms with E-state index in [-0.39, 0.29) is 11.7 Å². The van der Waals surface area contributed by atoms with Gasteiger partial charge in [0.05, 0.1) is 12.1 Å². The van der Waals surface area contributed by atoms with Crippen molar-refractivity contribution in [1.29, 1.82) is 0 Å². The Morgan fingerprint density at radius 2 is 2.38 bits per heavy atom. The molecule has 0 aliphatic rings. The lowest BCUT2D eigenvalue weighted by atomic mass is 10.0. The summed E-state index contributed by atoms with van der Waals surface area (Å²) in [6, 6.07) is 1.88. The van der Waals surface area contributed by atoms with Crippen molar-refractivity contribution in [1.82, 2.24) is 9.55 Å². The first-order chi connectivity index (χ1) is 7.66. The molecule has 2 aromatic rings. The van der Waals surface area contributed by atoms with Crippen molar-refractivity contribution in [3.8, 4) is 0 Å². The minimum absolute atomic E-state index is 0.0549. The number of hydrogen-bond donors (Lipinski definition) is 0. The molecular formula is C12H14N2OS. The predicted octanol–water partition coefficient (Wildman–Crippen LogP) is 2.83. The van der Waals surface area contributed by atoms with Crippen LogP contribution in [0.25, 0.3) is 0 Å². The maximum absolute atomic E-state index is 11.7. The van der Waals surface area contributed by atoms with Crippen LogP contribution in [0.3, 0.4) is 0 Å². The van der Waals surface area contributed by atoms with Crippen LogP contribution >= 0.6 is 11.3 Å². The molecule has 0 aromatic carbocycles. The fraction of sp³-hybridized carbons (Fsp3) is 0.333. The molecule has 3 nitrogen and oxygen atoms in total. The molecule has 0 bridgehead atoms. The number of carbonyl (C=O) groups excluding carboxylic acids is 1. The zero-order valence-electron chi connectivity index (χ0n) is 9.38. The number of ketones is 1. The summed E-state index contributed by atoms with van der Waals surface area (Å²) >= 11 is 1.62. The largest absolute Gasteiger partial charge is 0.348 e. The quantitative estimate of drug-likeness (QED) is 0.762. The summed E-state index contributed by atoms with van der Waals surface area (Å²) in [7, 11) is 0. The lowest BCUT2D eigenvalue weighted by Crippen LogP contribution is -2.06. The van der Waals surface area contributed by atoms with Gasteiger partial charge in [-0.1, -0.05) is 13.8 Å². The molecule has 0 saturated carbocycles. The average Bonchev–Trinajstić information content (AvgIpc) is 2.88. The van der Waals surface area contributed by atoms with Gasteiger partial charge >= 0.3 is 0 Å². The molecule has 0 aliphatic heterocycles. The Balaban J connectivity index is 2.11. The number of hydrogen-bond acceptors (Lipinski definition) is 3. The highest BCUT2D eigenvalue weighted by Crippen LogP contribution is 2.12. The Labute approximate surface area is 98.8 Å². The van der Waals surface area contributed by atoms with Gasteiger partial charge in [-0.3, -0.25) is 9.78 Å². The second-order valence-electron chi connectivity index (χ2n) is 4.06. The van der Waals surface area contributed by atoms with Crippen LogP contribution in [0.4, 0.5) is 0 Å². The van der Waals surface area contributed by atoms with Crippen LogP contribution < -0.4 is 0 Å². The summed E-state index contributed by atoms with van der Waals surface area (Å²) in [6.07, 6.45) is 5.70. The van der Waals surface area contributed by atoms with E-state index in [9.17, 15) is 4.79 Å². The molecule has 16 heavy (non-hydrogen) atoms. The summed E-state index contributed by atoms with van der Waals surface area (Å²) in [5.74, 6) is 0.252. The van der Waals surface area contributed by atoms with E-state index in [1.807, 2.05) is 48.6 Å². The van der Waals surface area contributed by atoms with Gasteiger partial charge in [0.2, 0.25) is 0 Å². The van der Waals surface area contributed by atoms with Crippen molar-refractivity contribution in [3.05, 3.63) is 40.6 Å². The third kappa shape index (κ3) is 2.39. The molecule has 0 radical (unpaired) electrons. The van der Waals surface area contributed by atoms with E-state index in [2.05, 4.69) is 4.98 Å². The Hall–Kier alpha value is -1.42. The smallest absolute Gasteiger partial charge is 0.166 e. The van der Waals surface area contributed by atoms with Crippen LogP contribution in [-0.2, 0) is 6.54 Å². The number of thiazole rings is 1. The van der Waals surface area contributed by atoms with Crippen LogP contribution in [0.1, 0.15) is 29.1 Å². The number of aromatic nitrogens is 2. The molecule has 0 atom stereocenters. The first-order valence-electron chi connectivity index (χ1n) is 5.24. The molecule has 0 spiro atoms. The highest BCUT2D eigenvalue weighted by atomic mass is 32.1. The highest BCUT2D eigenvalue weighted by Gasteiger charge is 2.11. The van der Waals surface area contributed by atoms with Gasteiger partial charge in [-0.25, -0.2) is 0 Å². The third-order valence-electron chi connectivity index (χ3n) is 2.38. The van der Waals surface area contributed by atoms with Gasteiger partial charge in [0.25, 0.3) is 0 Å². The maximum atomic E-state index is 11.7. The van der Waals surface area contributed by atoms with Crippen LogP contribution in [-0.4, -0.2) is 15.3 Å². The molecule has 0 fully saturated rings. The van der Waals surface area contributed by atoms with E-state index in [1.54, 1.807) is 11.3 Å². The Kier molecular flexibility index (Phi) is 3.19. The zero-order valence-corrected chi connectivity index (χ0v) is 10.2. The second-order valence-corrected chi connectivity index (χ2v) is 5.03. The number of carbonyl (C=O) groups is 1. The molecule has 0 saturated heterocycles. The van der Waals surface area contributed by atoms with Gasteiger partial charge in [0.1, 0.15) is 0 Å². The van der Waals surface area contributed by atoms with E-state index < -0.39 is 0 Å². The van der Waals surface area contributed by atoms with Crippen molar-refractivity contribution >= 4 is 17.1 Å². The van der Waals surface area contributed by atoms with E-state index in [4.69, 9.17) is 0 Å². The molecule has 4 heteroatoms. The SMILES string of the molecule is CC(C)C(=O)c1ccn(Cc2cncs2)c1. The van der Waals surface area contributed by atoms with Gasteiger partial charge in [0, 0.05) is 34.9 Å². The lowest BCUT2D eigenvalue weighted by molar-refractivity contribution is 0.0939. The van der Waals surface area contributed by atoms with Crippen LogP contribution in [0.15, 0.2) is 30.2 Å². The van der Waals surface area contributed by atoms with Gasteiger partial charge < -0.3 is 4.57 Å². The molecule has 2 rings (SSSR count). The standard InChI is InChI=1S/C12H14N2OS/c1-9(2)12(15)10-3-4-14(6-10)7-11-5-13-8-16-11/h3-6,8-9H,7H2,1-2H3.